The normalized spacial score (nSPS) is 12.6. The van der Waals surface area contributed by atoms with Gasteiger partial charge in [-0.15, -0.1) is 17.9 Å². The van der Waals surface area contributed by atoms with Crippen molar-refractivity contribution in [3.63, 3.8) is 0 Å². The minimum absolute atomic E-state index is 0.0794. The molecule has 152 valence electrons. The van der Waals surface area contributed by atoms with Gasteiger partial charge in [0, 0.05) is 27.5 Å². The average molecular weight is 448 g/mol. The molecule has 0 saturated heterocycles. The van der Waals surface area contributed by atoms with Crippen molar-refractivity contribution >= 4 is 33.0 Å². The Labute approximate surface area is 180 Å². The molecule has 0 spiro atoms. The van der Waals surface area contributed by atoms with Gasteiger partial charge in [-0.2, -0.15) is 0 Å². The number of halogens is 1. The number of ether oxygens (including phenoxy) is 1. The second-order valence-corrected chi connectivity index (χ2v) is 9.38. The lowest BCUT2D eigenvalue weighted by Gasteiger charge is -2.14. The molecule has 0 saturated carbocycles. The van der Waals surface area contributed by atoms with E-state index < -0.39 is 10.0 Å². The second kappa shape index (κ2) is 8.71. The third-order valence-electron chi connectivity index (χ3n) is 4.59. The van der Waals surface area contributed by atoms with Crippen molar-refractivity contribution in [2.45, 2.75) is 24.7 Å². The maximum absolute atomic E-state index is 12.2. The predicted octanol–water partition coefficient (Wildman–Crippen LogP) is 6.07. The van der Waals surface area contributed by atoms with Gasteiger partial charge in [-0.25, -0.2) is 13.6 Å². The molecule has 2 aromatic carbocycles. The number of benzene rings is 2. The number of allylic oxidation sites excluding steroid dienone is 1. The maximum atomic E-state index is 12.2. The van der Waals surface area contributed by atoms with E-state index >= 15 is 0 Å². The van der Waals surface area contributed by atoms with Gasteiger partial charge < -0.3 is 4.74 Å². The van der Waals surface area contributed by atoms with Crippen molar-refractivity contribution in [2.75, 3.05) is 6.61 Å². The summed E-state index contributed by atoms with van der Waals surface area (Å²) in [6.07, 6.45) is 1.86. The minimum atomic E-state index is -3.88. The summed E-state index contributed by atoms with van der Waals surface area (Å²) in [7, 11) is -3.88. The smallest absolute Gasteiger partial charge is 0.238 e. The van der Waals surface area contributed by atoms with Gasteiger partial charge >= 0.3 is 0 Å². The van der Waals surface area contributed by atoms with Crippen LogP contribution in [0.2, 0.25) is 5.02 Å². The molecule has 0 bridgehead atoms. The molecule has 0 aliphatic rings. The van der Waals surface area contributed by atoms with E-state index in [0.29, 0.717) is 22.9 Å². The van der Waals surface area contributed by atoms with Gasteiger partial charge in [0.1, 0.15) is 5.75 Å². The summed E-state index contributed by atoms with van der Waals surface area (Å²) in [6, 6.07) is 12.4. The summed E-state index contributed by atoms with van der Waals surface area (Å²) in [5.74, 6) is 0.689. The fourth-order valence-corrected chi connectivity index (χ4v) is 5.31. The Morgan fingerprint density at radius 3 is 2.59 bits per heavy atom. The molecule has 1 atom stereocenters. The fourth-order valence-electron chi connectivity index (χ4n) is 3.18. The van der Waals surface area contributed by atoms with Gasteiger partial charge in [0.15, 0.2) is 0 Å². The zero-order valence-electron chi connectivity index (χ0n) is 16.2. The standard InChI is InChI=1S/C22H22ClNO3S2/c1-4-14(3)22-21(15-10-11-19(27-5-2)18(23)12-15)17(13-28-22)16-8-6-7-9-20(16)29(24,25)26/h4,6-14H,1,5H2,2-3H3,(H2,24,25,26). The molecular weight excluding hydrogens is 426 g/mol. The van der Waals surface area contributed by atoms with Crippen LogP contribution >= 0.6 is 22.9 Å². The molecule has 2 N–H and O–H groups in total. The van der Waals surface area contributed by atoms with Gasteiger partial charge in [-0.05, 0) is 36.1 Å². The second-order valence-electron chi connectivity index (χ2n) is 6.53. The summed E-state index contributed by atoms with van der Waals surface area (Å²) >= 11 is 7.99. The first-order valence-corrected chi connectivity index (χ1v) is 11.9. The van der Waals surface area contributed by atoms with E-state index in [1.54, 1.807) is 29.5 Å². The van der Waals surface area contributed by atoms with Crippen molar-refractivity contribution in [2.24, 2.45) is 5.14 Å². The zero-order valence-corrected chi connectivity index (χ0v) is 18.6. The highest BCUT2D eigenvalue weighted by Gasteiger charge is 2.23. The fraction of sp³-hybridized carbons (Fsp3) is 0.182. The molecule has 0 aliphatic carbocycles. The molecule has 7 heteroatoms. The van der Waals surface area contributed by atoms with Crippen molar-refractivity contribution in [1.82, 2.24) is 0 Å². The summed E-state index contributed by atoms with van der Waals surface area (Å²) < 4.78 is 29.9. The van der Waals surface area contributed by atoms with Gasteiger partial charge in [-0.1, -0.05) is 48.9 Å². The quantitative estimate of drug-likeness (QED) is 0.447. The lowest BCUT2D eigenvalue weighted by atomic mass is 9.93. The molecular formula is C22H22ClNO3S2. The van der Waals surface area contributed by atoms with Crippen LogP contribution in [0.15, 0.2) is 65.4 Å². The first-order chi connectivity index (χ1) is 13.8. The van der Waals surface area contributed by atoms with Gasteiger partial charge in [0.2, 0.25) is 10.0 Å². The van der Waals surface area contributed by atoms with Crippen LogP contribution in [-0.2, 0) is 10.0 Å². The van der Waals surface area contributed by atoms with E-state index in [1.165, 1.54) is 6.07 Å². The van der Waals surface area contributed by atoms with E-state index in [9.17, 15) is 8.42 Å². The van der Waals surface area contributed by atoms with Crippen LogP contribution in [0.25, 0.3) is 22.3 Å². The molecule has 0 aliphatic heterocycles. The van der Waals surface area contributed by atoms with Crippen LogP contribution in [0.5, 0.6) is 5.75 Å². The molecule has 1 heterocycles. The Hall–Kier alpha value is -2.12. The Balaban J connectivity index is 2.29. The summed E-state index contributed by atoms with van der Waals surface area (Å²) in [5.41, 5.74) is 3.16. The Morgan fingerprint density at radius 1 is 1.24 bits per heavy atom. The first kappa shape index (κ1) is 21.6. The molecule has 29 heavy (non-hydrogen) atoms. The Bertz CT molecular complexity index is 1150. The maximum Gasteiger partial charge on any atom is 0.238 e. The molecule has 0 radical (unpaired) electrons. The summed E-state index contributed by atoms with van der Waals surface area (Å²) in [5, 5.41) is 7.93. The molecule has 0 amide bonds. The van der Waals surface area contributed by atoms with Gasteiger partial charge in [-0.3, -0.25) is 0 Å². The van der Waals surface area contributed by atoms with E-state index in [2.05, 4.69) is 6.58 Å². The van der Waals surface area contributed by atoms with Crippen LogP contribution < -0.4 is 9.88 Å². The predicted molar refractivity (Wildman–Crippen MR) is 121 cm³/mol. The third-order valence-corrected chi connectivity index (χ3v) is 7.04. The SMILES string of the molecule is C=CC(C)c1scc(-c2ccccc2S(N)(=O)=O)c1-c1ccc(OCC)c(Cl)c1. The largest absolute Gasteiger partial charge is 0.492 e. The van der Waals surface area contributed by atoms with E-state index in [1.807, 2.05) is 43.5 Å². The van der Waals surface area contributed by atoms with Crippen LogP contribution in [-0.4, -0.2) is 15.0 Å². The number of thiophene rings is 1. The highest BCUT2D eigenvalue weighted by atomic mass is 35.5. The third kappa shape index (κ3) is 4.41. The highest BCUT2D eigenvalue weighted by molar-refractivity contribution is 7.89. The number of nitrogens with two attached hydrogens (primary N) is 1. The first-order valence-electron chi connectivity index (χ1n) is 9.06. The minimum Gasteiger partial charge on any atom is -0.492 e. The molecule has 4 nitrogen and oxygen atoms in total. The van der Waals surface area contributed by atoms with Crippen LogP contribution in [0.1, 0.15) is 24.6 Å². The highest BCUT2D eigenvalue weighted by Crippen LogP contribution is 2.45. The van der Waals surface area contributed by atoms with E-state index in [4.69, 9.17) is 21.5 Å². The topological polar surface area (TPSA) is 69.4 Å². The van der Waals surface area contributed by atoms with E-state index in [0.717, 1.165) is 21.6 Å². The number of primary sulfonamides is 1. The number of hydrogen-bond acceptors (Lipinski definition) is 4. The summed E-state index contributed by atoms with van der Waals surface area (Å²) in [4.78, 5) is 1.16. The monoisotopic (exact) mass is 447 g/mol. The molecule has 1 unspecified atom stereocenters. The van der Waals surface area contributed by atoms with Gasteiger partial charge in [0.25, 0.3) is 0 Å². The number of hydrogen-bond donors (Lipinski definition) is 1. The number of sulfonamides is 1. The van der Waals surface area contributed by atoms with Crippen molar-refractivity contribution in [3.8, 4) is 28.0 Å². The zero-order chi connectivity index (χ0) is 21.2. The van der Waals surface area contributed by atoms with Gasteiger partial charge in [0.05, 0.1) is 16.5 Å². The van der Waals surface area contributed by atoms with Crippen molar-refractivity contribution < 1.29 is 13.2 Å². The number of rotatable bonds is 7. The summed E-state index contributed by atoms with van der Waals surface area (Å²) in [6.45, 7) is 8.38. The average Bonchev–Trinajstić information content (AvgIpc) is 3.13. The lowest BCUT2D eigenvalue weighted by molar-refractivity contribution is 0.340. The van der Waals surface area contributed by atoms with Crippen LogP contribution in [0, 0.1) is 0 Å². The molecule has 3 aromatic rings. The Kier molecular flexibility index (Phi) is 6.49. The lowest BCUT2D eigenvalue weighted by Crippen LogP contribution is -2.13. The molecule has 0 fully saturated rings. The van der Waals surface area contributed by atoms with Crippen LogP contribution in [0.4, 0.5) is 0 Å². The molecule has 3 rings (SSSR count). The molecule has 1 aromatic heterocycles. The van der Waals surface area contributed by atoms with Crippen molar-refractivity contribution in [1.29, 1.82) is 0 Å². The Morgan fingerprint density at radius 2 is 1.97 bits per heavy atom. The van der Waals surface area contributed by atoms with Crippen molar-refractivity contribution in [3.05, 3.63) is 70.4 Å². The van der Waals surface area contributed by atoms with Crippen LogP contribution in [0.3, 0.4) is 0 Å². The van der Waals surface area contributed by atoms with E-state index in [-0.39, 0.29) is 10.8 Å².